The Labute approximate surface area is 451 Å². The molecule has 79 heavy (non-hydrogen) atoms. The first-order chi connectivity index (χ1) is 39.1. The minimum Gasteiger partial charge on any atom is -0.456 e. The highest BCUT2D eigenvalue weighted by molar-refractivity contribution is 6.19. The van der Waals surface area contributed by atoms with Crippen LogP contribution in [0.3, 0.4) is 0 Å². The van der Waals surface area contributed by atoms with Crippen LogP contribution in [0.4, 0.5) is 34.1 Å². The summed E-state index contributed by atoms with van der Waals surface area (Å²) in [5, 5.41) is 10.8. The van der Waals surface area contributed by atoms with E-state index in [1.54, 1.807) is 0 Å². The smallest absolute Gasteiger partial charge is 0.137 e. The van der Waals surface area contributed by atoms with Crippen molar-refractivity contribution in [3.8, 4) is 11.4 Å². The fraction of sp³-hybridized carbons (Fsp3) is 0. The first-order valence-corrected chi connectivity index (χ1v) is 26.7. The molecule has 5 aromatic heterocycles. The molecule has 0 fully saturated rings. The number of para-hydroxylation sites is 6. The Kier molecular flexibility index (Phi) is 9.28. The quantitative estimate of drug-likeness (QED) is 0.152. The van der Waals surface area contributed by atoms with Crippen molar-refractivity contribution in [1.29, 1.82) is 0 Å². The van der Waals surface area contributed by atoms with E-state index in [1.807, 2.05) is 0 Å². The lowest BCUT2D eigenvalue weighted by atomic mass is 10.1. The summed E-state index contributed by atoms with van der Waals surface area (Å²) in [6.07, 6.45) is 0. The summed E-state index contributed by atoms with van der Waals surface area (Å²) in [6.45, 7) is 0. The molecule has 0 N–H and O–H groups in total. The van der Waals surface area contributed by atoms with Gasteiger partial charge in [0.1, 0.15) is 33.5 Å². The van der Waals surface area contributed by atoms with Crippen LogP contribution in [0.15, 0.2) is 280 Å². The predicted molar refractivity (Wildman–Crippen MR) is 326 cm³/mol. The number of fused-ring (bicyclic) bond motifs is 15. The summed E-state index contributed by atoms with van der Waals surface area (Å²) in [5.41, 5.74) is 17.8. The fourth-order valence-electron chi connectivity index (χ4n) is 12.5. The lowest BCUT2D eigenvalue weighted by Crippen LogP contribution is -2.09. The summed E-state index contributed by atoms with van der Waals surface area (Å²) in [7, 11) is 0. The van der Waals surface area contributed by atoms with Gasteiger partial charge >= 0.3 is 0 Å². The second-order valence-electron chi connectivity index (χ2n) is 20.5. The van der Waals surface area contributed by atoms with Gasteiger partial charge in [-0.25, -0.2) is 0 Å². The lowest BCUT2D eigenvalue weighted by Gasteiger charge is -2.25. The topological polar surface area (TPSA) is 55.8 Å². The number of aromatic nitrogens is 2. The predicted octanol–water partition coefficient (Wildman–Crippen LogP) is 20.5. The molecule has 0 saturated carbocycles. The lowest BCUT2D eigenvalue weighted by molar-refractivity contribution is 0.662. The van der Waals surface area contributed by atoms with Crippen LogP contribution in [0, 0.1) is 0 Å². The highest BCUT2D eigenvalue weighted by atomic mass is 16.3. The van der Waals surface area contributed by atoms with Crippen molar-refractivity contribution >= 4 is 144 Å². The van der Waals surface area contributed by atoms with Crippen molar-refractivity contribution in [1.82, 2.24) is 9.13 Å². The van der Waals surface area contributed by atoms with Crippen molar-refractivity contribution in [3.05, 3.63) is 267 Å². The van der Waals surface area contributed by atoms with Crippen molar-refractivity contribution in [3.63, 3.8) is 0 Å². The zero-order chi connectivity index (χ0) is 51.7. The molecular weight excluding hydrogens is 969 g/mol. The van der Waals surface area contributed by atoms with Crippen LogP contribution in [-0.2, 0) is 0 Å². The second kappa shape index (κ2) is 16.9. The SMILES string of the molecule is c1ccc(N(c2ccc3c(c2)oc2cc4c(cc23)oc2cc3c(cc24)oc2cc(N(c4ccccc4)c4ccc5c6ccccc6n(-c6ccccc6)c5c4)ccc23)c2ccc3c4ccccc4n(-c4ccccc4)c3c2)cc1. The molecule has 0 aliphatic rings. The molecule has 7 nitrogen and oxygen atoms in total. The second-order valence-corrected chi connectivity index (χ2v) is 20.5. The zero-order valence-corrected chi connectivity index (χ0v) is 42.4. The van der Waals surface area contributed by atoms with Crippen LogP contribution in [0.1, 0.15) is 0 Å². The van der Waals surface area contributed by atoms with Crippen LogP contribution >= 0.6 is 0 Å². The molecule has 0 radical (unpaired) electrons. The van der Waals surface area contributed by atoms with Gasteiger partial charge < -0.3 is 32.2 Å². The molecule has 17 aromatic rings. The minimum atomic E-state index is 0.792. The maximum atomic E-state index is 6.84. The first kappa shape index (κ1) is 43.5. The van der Waals surface area contributed by atoms with Gasteiger partial charge in [-0.05, 0) is 133 Å². The molecule has 5 heterocycles. The van der Waals surface area contributed by atoms with E-state index in [0.29, 0.717) is 0 Å². The molecule has 0 saturated heterocycles. The van der Waals surface area contributed by atoms with Gasteiger partial charge in [0.15, 0.2) is 0 Å². The maximum Gasteiger partial charge on any atom is 0.137 e. The van der Waals surface area contributed by atoms with Gasteiger partial charge in [-0.3, -0.25) is 0 Å². The number of hydrogen-bond acceptors (Lipinski definition) is 5. The van der Waals surface area contributed by atoms with Crippen LogP contribution in [0.2, 0.25) is 0 Å². The fourth-order valence-corrected chi connectivity index (χ4v) is 12.5. The number of rotatable bonds is 8. The van der Waals surface area contributed by atoms with Gasteiger partial charge in [0.25, 0.3) is 0 Å². The maximum absolute atomic E-state index is 6.84. The van der Waals surface area contributed by atoms with Crippen molar-refractivity contribution < 1.29 is 13.3 Å². The molecule has 370 valence electrons. The molecule has 7 heteroatoms. The Balaban J connectivity index is 0.762. The van der Waals surface area contributed by atoms with E-state index in [0.717, 1.165) is 122 Å². The monoisotopic (exact) mass is 1010 g/mol. The number of furan rings is 3. The molecule has 0 aliphatic carbocycles. The average molecular weight is 1010 g/mol. The van der Waals surface area contributed by atoms with E-state index < -0.39 is 0 Å². The third kappa shape index (κ3) is 6.66. The normalized spacial score (nSPS) is 12.1. The van der Waals surface area contributed by atoms with E-state index in [2.05, 4.69) is 286 Å². The van der Waals surface area contributed by atoms with E-state index >= 15 is 0 Å². The zero-order valence-electron chi connectivity index (χ0n) is 42.4. The van der Waals surface area contributed by atoms with Gasteiger partial charge in [0.05, 0.1) is 22.1 Å². The van der Waals surface area contributed by atoms with Crippen molar-refractivity contribution in [2.75, 3.05) is 9.80 Å². The summed E-state index contributed by atoms with van der Waals surface area (Å²) >= 11 is 0. The van der Waals surface area contributed by atoms with Gasteiger partial charge in [-0.15, -0.1) is 0 Å². The summed E-state index contributed by atoms with van der Waals surface area (Å²) in [6, 6.07) is 94.8. The highest BCUT2D eigenvalue weighted by Gasteiger charge is 2.23. The Morgan fingerprint density at radius 2 is 0.494 bits per heavy atom. The van der Waals surface area contributed by atoms with Crippen molar-refractivity contribution in [2.24, 2.45) is 0 Å². The largest absolute Gasteiger partial charge is 0.456 e. The third-order valence-electron chi connectivity index (χ3n) is 16.0. The molecule has 17 rings (SSSR count). The molecule has 12 aromatic carbocycles. The van der Waals surface area contributed by atoms with Crippen LogP contribution in [-0.4, -0.2) is 9.13 Å². The van der Waals surface area contributed by atoms with Gasteiger partial charge in [0, 0.05) is 111 Å². The van der Waals surface area contributed by atoms with E-state index in [4.69, 9.17) is 13.3 Å². The number of hydrogen-bond donors (Lipinski definition) is 0. The number of anilines is 6. The van der Waals surface area contributed by atoms with Gasteiger partial charge in [-0.2, -0.15) is 0 Å². The minimum absolute atomic E-state index is 0.792. The van der Waals surface area contributed by atoms with Crippen LogP contribution < -0.4 is 9.80 Å². The Bertz CT molecular complexity index is 4930. The average Bonchev–Trinajstić information content (AvgIpc) is 4.42. The first-order valence-electron chi connectivity index (χ1n) is 26.7. The van der Waals surface area contributed by atoms with Crippen LogP contribution in [0.5, 0.6) is 0 Å². The Morgan fingerprint density at radius 1 is 0.203 bits per heavy atom. The molecule has 0 atom stereocenters. The van der Waals surface area contributed by atoms with Gasteiger partial charge in [-0.1, -0.05) is 121 Å². The van der Waals surface area contributed by atoms with Gasteiger partial charge in [0.2, 0.25) is 0 Å². The summed E-state index contributed by atoms with van der Waals surface area (Å²) in [5.74, 6) is 0. The van der Waals surface area contributed by atoms with E-state index in [1.165, 1.54) is 32.6 Å². The Morgan fingerprint density at radius 3 is 0.886 bits per heavy atom. The molecular formula is C72H44N4O3. The number of nitrogens with zero attached hydrogens (tertiary/aromatic N) is 4. The molecule has 0 amide bonds. The number of benzene rings is 12. The standard InChI is InChI=1S/C72H44N4O3/c1-5-17-45(18-6-1)73(49-29-33-55-53-25-13-15-27-63(53)75(65(55)37-49)47-21-9-3-10-22-47)51-31-35-57-59-41-71-61(43-69(59)77-67(57)39-51)62-44-70-60(42-72(62)79-71)58-36-32-52(40-68(58)78-70)74(46-19-7-2-8-20-46)50-30-34-56-54-26-14-16-28-64(54)76(66(56)38-50)48-23-11-4-12-24-48/h1-44H. The van der Waals surface area contributed by atoms with Crippen LogP contribution in [0.25, 0.3) is 121 Å². The molecule has 0 bridgehead atoms. The third-order valence-corrected chi connectivity index (χ3v) is 16.0. The highest BCUT2D eigenvalue weighted by Crippen LogP contribution is 2.46. The molecule has 0 aliphatic heterocycles. The molecule has 0 spiro atoms. The summed E-state index contributed by atoms with van der Waals surface area (Å²) in [4.78, 5) is 4.62. The van der Waals surface area contributed by atoms with Crippen molar-refractivity contribution in [2.45, 2.75) is 0 Å². The molecule has 0 unspecified atom stereocenters. The van der Waals surface area contributed by atoms with E-state index in [9.17, 15) is 0 Å². The van der Waals surface area contributed by atoms with E-state index in [-0.39, 0.29) is 0 Å². The summed E-state index contributed by atoms with van der Waals surface area (Å²) < 4.78 is 25.2. The Hall–Kier alpha value is -10.8.